The minimum Gasteiger partial charge on any atom is -0.453 e. The van der Waals surface area contributed by atoms with E-state index in [9.17, 15) is 28.8 Å². The largest absolute Gasteiger partial charge is 0.453 e. The Hall–Kier alpha value is -4.09. The number of likely N-dealkylation sites (N-methyl/N-ethyl adjacent to an activating group) is 1. The number of rotatable bonds is 33. The topological polar surface area (TPSA) is 153 Å². The van der Waals surface area contributed by atoms with Gasteiger partial charge >= 0.3 is 6.09 Å². The molecule has 0 saturated carbocycles. The Labute approximate surface area is 474 Å². The number of amides is 3. The number of carbonyl (C=O) groups excluding carboxylic acids is 6. The van der Waals surface area contributed by atoms with Crippen molar-refractivity contribution in [3.05, 3.63) is 87.9 Å². The lowest BCUT2D eigenvalue weighted by Crippen LogP contribution is -2.54. The number of aryl methyl sites for hydroxylation is 1. The van der Waals surface area contributed by atoms with Crippen molar-refractivity contribution in [2.24, 2.45) is 35.5 Å². The van der Waals surface area contributed by atoms with Gasteiger partial charge in [0.2, 0.25) is 11.8 Å². The first-order chi connectivity index (χ1) is 36.7. The lowest BCUT2D eigenvalue weighted by Gasteiger charge is -2.41. The molecule has 0 N–H and O–H groups in total. The van der Waals surface area contributed by atoms with Crippen LogP contribution in [0.3, 0.4) is 0 Å². The van der Waals surface area contributed by atoms with Crippen LogP contribution in [0.15, 0.2) is 66.0 Å². The van der Waals surface area contributed by atoms with Crippen LogP contribution in [0.2, 0.25) is 0 Å². The van der Waals surface area contributed by atoms with Gasteiger partial charge in [0.05, 0.1) is 48.7 Å². The van der Waals surface area contributed by atoms with Gasteiger partial charge in [-0.2, -0.15) is 0 Å². The van der Waals surface area contributed by atoms with Crippen LogP contribution < -0.4 is 0 Å². The predicted octanol–water partition coefficient (Wildman–Crippen LogP) is 12.9. The van der Waals surface area contributed by atoms with E-state index in [2.05, 4.69) is 49.8 Å². The van der Waals surface area contributed by atoms with E-state index >= 15 is 0 Å². The molecule has 0 radical (unpaired) electrons. The van der Waals surface area contributed by atoms with Crippen molar-refractivity contribution >= 4 is 68.2 Å². The van der Waals surface area contributed by atoms with Gasteiger partial charge < -0.3 is 28.9 Å². The Bertz CT molecular complexity index is 2230. The quantitative estimate of drug-likeness (QED) is 0.0247. The predicted molar refractivity (Wildman–Crippen MR) is 316 cm³/mol. The summed E-state index contributed by atoms with van der Waals surface area (Å²) in [5, 5.41) is 2.60. The average molecular weight is 1120 g/mol. The molecule has 9 atom stereocenters. The van der Waals surface area contributed by atoms with Crippen LogP contribution in [0.1, 0.15) is 159 Å². The zero-order valence-corrected chi connectivity index (χ0v) is 51.4. The van der Waals surface area contributed by atoms with Crippen LogP contribution in [-0.4, -0.2) is 133 Å². The SMILES string of the molecule is CCCCSSCN(C)C(=O)OC.CC[C@H](C)C([C@@H](CC(=O)N1CCC[C@H]1[C@H](OC)[C@@H](C)C(=O)C[C@@H](Cc1ccccc1)c1nc(C(=O)CCCc2ccccc2)cs1)OC)N(C)C(=O)[C@@H](CC(=O)[C@@H](C)C(C)C)C(C)C. The van der Waals surface area contributed by atoms with Gasteiger partial charge in [-0.25, -0.2) is 9.78 Å². The van der Waals surface area contributed by atoms with Gasteiger partial charge in [-0.05, 0) is 67.4 Å². The molecule has 13 nitrogen and oxygen atoms in total. The second-order valence-corrected chi connectivity index (χ2v) is 25.1. The smallest absolute Gasteiger partial charge is 0.409 e. The Kier molecular flexibility index (Phi) is 31.0. The normalized spacial score (nSPS) is 16.6. The van der Waals surface area contributed by atoms with Crippen LogP contribution in [0.5, 0.6) is 0 Å². The highest BCUT2D eigenvalue weighted by Gasteiger charge is 2.43. The summed E-state index contributed by atoms with van der Waals surface area (Å²) in [4.78, 5) is 90.6. The lowest BCUT2D eigenvalue weighted by atomic mass is 9.82. The summed E-state index contributed by atoms with van der Waals surface area (Å²) in [5.74, 6) is 0.520. The zero-order chi connectivity index (χ0) is 57.2. The number of hydrogen-bond donors (Lipinski definition) is 0. The number of methoxy groups -OCH3 is 3. The molecular formula is C61H94N4O9S3. The third-order valence-corrected chi connectivity index (χ3v) is 18.9. The monoisotopic (exact) mass is 1120 g/mol. The van der Waals surface area contributed by atoms with Crippen molar-refractivity contribution in [2.45, 2.75) is 170 Å². The first-order valence-corrected chi connectivity index (χ1v) is 31.4. The van der Waals surface area contributed by atoms with Crippen molar-refractivity contribution in [1.82, 2.24) is 19.7 Å². The highest BCUT2D eigenvalue weighted by Crippen LogP contribution is 2.34. The van der Waals surface area contributed by atoms with Crippen LogP contribution in [0, 0.1) is 35.5 Å². The number of aromatic nitrogens is 1. The van der Waals surface area contributed by atoms with Crippen molar-refractivity contribution in [3.63, 3.8) is 0 Å². The maximum Gasteiger partial charge on any atom is 0.409 e. The number of unbranched alkanes of at least 4 members (excludes halogenated alkanes) is 1. The van der Waals surface area contributed by atoms with E-state index in [-0.39, 0.29) is 90.2 Å². The van der Waals surface area contributed by atoms with E-state index in [1.54, 1.807) is 59.7 Å². The summed E-state index contributed by atoms with van der Waals surface area (Å²) in [6, 6.07) is 19.5. The van der Waals surface area contributed by atoms with Crippen molar-refractivity contribution in [1.29, 1.82) is 0 Å². The Morgan fingerprint density at radius 3 is 1.99 bits per heavy atom. The highest BCUT2D eigenvalue weighted by molar-refractivity contribution is 8.76. The van der Waals surface area contributed by atoms with Gasteiger partial charge in [0.15, 0.2) is 5.78 Å². The molecular weight excluding hydrogens is 1030 g/mol. The van der Waals surface area contributed by atoms with Crippen LogP contribution in [0.4, 0.5) is 4.79 Å². The standard InChI is InChI=1S/C53H77N3O7S.C8H17NO2S2/c1-12-36(6)50(55(9)53(61)42(35(4)5)31-47(59)37(7)34(2)3)48(62-10)32-49(60)56-28-20-26-44(56)51(63-11)38(8)46(58)30-41(29-40-23-17-14-18-24-40)52-54-43(33-64-52)45(57)27-19-25-39-21-15-13-16-22-39;1-4-5-6-12-13-7-9(2)8(10)11-3/h13-18,21-24,33-38,41-42,44,48,50-51H,12,19-20,25-32H2,1-11H3;4-7H2,1-3H3/t36-,37-,38-,41+,42-,44-,48+,50?,51+;/m0./s1. The molecule has 3 aromatic rings. The van der Waals surface area contributed by atoms with Gasteiger partial charge in [0.25, 0.3) is 0 Å². The van der Waals surface area contributed by atoms with E-state index in [4.69, 9.17) is 14.5 Å². The molecule has 1 unspecified atom stereocenters. The summed E-state index contributed by atoms with van der Waals surface area (Å²) in [6.45, 7) is 18.7. The molecule has 3 amide bonds. The number of thiazole rings is 1. The number of hydrogen-bond acceptors (Lipinski definition) is 13. The summed E-state index contributed by atoms with van der Waals surface area (Å²) in [7, 11) is 11.6. The van der Waals surface area contributed by atoms with E-state index in [1.807, 2.05) is 88.2 Å². The van der Waals surface area contributed by atoms with Crippen LogP contribution in [0.25, 0.3) is 0 Å². The average Bonchev–Trinajstić information content (AvgIpc) is 4.13. The minimum atomic E-state index is -0.589. The van der Waals surface area contributed by atoms with Crippen molar-refractivity contribution in [3.8, 4) is 0 Å². The van der Waals surface area contributed by atoms with Crippen molar-refractivity contribution in [2.75, 3.05) is 53.6 Å². The number of ether oxygens (including phenoxy) is 3. The molecule has 0 spiro atoms. The second-order valence-electron chi connectivity index (χ2n) is 21.6. The molecule has 1 fully saturated rings. The molecule has 77 heavy (non-hydrogen) atoms. The molecule has 2 aromatic carbocycles. The fourth-order valence-corrected chi connectivity index (χ4v) is 13.2. The second kappa shape index (κ2) is 35.5. The Morgan fingerprint density at radius 2 is 1.42 bits per heavy atom. The summed E-state index contributed by atoms with van der Waals surface area (Å²) in [6.07, 6.45) is 6.31. The van der Waals surface area contributed by atoms with E-state index in [1.165, 1.54) is 36.9 Å². The van der Waals surface area contributed by atoms with Gasteiger partial charge in [-0.3, -0.25) is 24.0 Å². The summed E-state index contributed by atoms with van der Waals surface area (Å²) in [5.41, 5.74) is 2.74. The molecule has 1 aliphatic heterocycles. The number of nitrogens with zero attached hydrogens (tertiary/aromatic N) is 4. The molecule has 2 heterocycles. The number of carbonyl (C=O) groups is 6. The molecule has 1 saturated heterocycles. The molecule has 1 aromatic heterocycles. The van der Waals surface area contributed by atoms with Crippen molar-refractivity contribution < 1.29 is 43.0 Å². The minimum absolute atomic E-state index is 0.00876. The molecule has 16 heteroatoms. The third-order valence-electron chi connectivity index (χ3n) is 15.4. The van der Waals surface area contributed by atoms with Crippen LogP contribution in [-0.2, 0) is 46.2 Å². The fourth-order valence-electron chi connectivity index (χ4n) is 9.97. The van der Waals surface area contributed by atoms with Crippen LogP contribution >= 0.6 is 32.9 Å². The Balaban J connectivity index is 0.00000105. The lowest BCUT2D eigenvalue weighted by molar-refractivity contribution is -0.149. The summed E-state index contributed by atoms with van der Waals surface area (Å²) >= 11 is 1.44. The molecule has 4 rings (SSSR count). The van der Waals surface area contributed by atoms with E-state index in [0.29, 0.717) is 37.4 Å². The molecule has 0 aliphatic carbocycles. The molecule has 430 valence electrons. The molecule has 1 aliphatic rings. The van der Waals surface area contributed by atoms with Gasteiger partial charge in [-0.1, -0.05) is 157 Å². The van der Waals surface area contributed by atoms with Gasteiger partial charge in [-0.15, -0.1) is 11.3 Å². The number of likely N-dealkylation sites (tertiary alicyclic amines) is 1. The highest BCUT2D eigenvalue weighted by atomic mass is 33.1. The fraction of sp³-hybridized carbons (Fsp3) is 0.656. The van der Waals surface area contributed by atoms with Gasteiger partial charge in [0, 0.05) is 88.9 Å². The first kappa shape index (κ1) is 67.2. The van der Waals surface area contributed by atoms with E-state index in [0.717, 1.165) is 42.0 Å². The summed E-state index contributed by atoms with van der Waals surface area (Å²) < 4.78 is 16.8. The zero-order valence-electron chi connectivity index (χ0n) is 49.0. The first-order valence-electron chi connectivity index (χ1n) is 28.0. The Morgan fingerprint density at radius 1 is 0.779 bits per heavy atom. The van der Waals surface area contributed by atoms with Gasteiger partial charge in [0.1, 0.15) is 17.3 Å². The number of Topliss-reactive ketones (excluding diaryl/α,β-unsaturated/α-hetero) is 3. The third kappa shape index (κ3) is 21.5. The maximum atomic E-state index is 14.5. The number of benzene rings is 2. The maximum absolute atomic E-state index is 14.5. The number of ketones is 3. The molecule has 0 bridgehead atoms. The van der Waals surface area contributed by atoms with E-state index < -0.39 is 30.1 Å².